The van der Waals surface area contributed by atoms with Crippen molar-refractivity contribution in [3.8, 4) is 5.69 Å². The van der Waals surface area contributed by atoms with Crippen LogP contribution in [0.15, 0.2) is 48.9 Å². The van der Waals surface area contributed by atoms with Crippen molar-refractivity contribution in [1.82, 2.24) is 39.7 Å². The molecule has 0 radical (unpaired) electrons. The minimum Gasteiger partial charge on any atom is -0.352 e. The topological polar surface area (TPSA) is 126 Å². The number of aryl methyl sites for hydroxylation is 1. The highest BCUT2D eigenvalue weighted by atomic mass is 16.2. The zero-order valence-electron chi connectivity index (χ0n) is 23.4. The number of pyridine rings is 1. The van der Waals surface area contributed by atoms with E-state index in [1.54, 1.807) is 25.0 Å². The Morgan fingerprint density at radius 2 is 1.85 bits per heavy atom. The maximum atomic E-state index is 13.4. The molecule has 1 aromatic carbocycles. The summed E-state index contributed by atoms with van der Waals surface area (Å²) in [6, 6.07) is 11.3. The molecule has 0 aliphatic carbocycles. The van der Waals surface area contributed by atoms with Crippen LogP contribution in [-0.4, -0.2) is 67.0 Å². The first-order valence-corrected chi connectivity index (χ1v) is 13.2. The highest BCUT2D eigenvalue weighted by Gasteiger charge is 2.29. The number of amides is 3. The van der Waals surface area contributed by atoms with Gasteiger partial charge in [-0.15, -0.1) is 0 Å². The van der Waals surface area contributed by atoms with E-state index in [1.807, 2.05) is 48.0 Å². The van der Waals surface area contributed by atoms with Gasteiger partial charge in [-0.1, -0.05) is 12.1 Å². The average molecular weight is 543 g/mol. The number of hydrogen-bond donors (Lipinski definition) is 2. The Morgan fingerprint density at radius 1 is 1.07 bits per heavy atom. The summed E-state index contributed by atoms with van der Waals surface area (Å²) in [5.41, 5.74) is 4.92. The predicted octanol–water partition coefficient (Wildman–Crippen LogP) is 3.33. The van der Waals surface area contributed by atoms with Gasteiger partial charge in [0.25, 0.3) is 5.91 Å². The lowest BCUT2D eigenvalue weighted by Gasteiger charge is -2.29. The second-order valence-electron chi connectivity index (χ2n) is 10.3. The smallest absolute Gasteiger partial charge is 0.321 e. The molecule has 0 atom stereocenters. The van der Waals surface area contributed by atoms with E-state index in [1.165, 1.54) is 11.2 Å². The number of benzene rings is 1. The van der Waals surface area contributed by atoms with E-state index in [0.717, 1.165) is 47.1 Å². The molecular weight excluding hydrogens is 508 g/mol. The molecule has 4 heterocycles. The van der Waals surface area contributed by atoms with Gasteiger partial charge < -0.3 is 20.4 Å². The van der Waals surface area contributed by atoms with E-state index < -0.39 is 0 Å². The zero-order valence-corrected chi connectivity index (χ0v) is 23.4. The number of hydrogen-bond acceptors (Lipinski definition) is 7. The van der Waals surface area contributed by atoms with Crippen LogP contribution in [0.3, 0.4) is 0 Å². The molecular formula is C28H34N10O2. The number of anilines is 2. The van der Waals surface area contributed by atoms with E-state index in [0.29, 0.717) is 24.5 Å². The summed E-state index contributed by atoms with van der Waals surface area (Å²) in [6.45, 7) is 7.71. The van der Waals surface area contributed by atoms with Gasteiger partial charge in [-0.05, 0) is 50.6 Å². The van der Waals surface area contributed by atoms with Crippen LogP contribution in [0.5, 0.6) is 0 Å². The fourth-order valence-corrected chi connectivity index (χ4v) is 4.70. The second-order valence-corrected chi connectivity index (χ2v) is 10.3. The standard InChI is InChI=1S/C28H34N10O2/c1-18(2)37-24-12-13-36(25-11-10-22(15-29-25)38-19(3)31-17-32-38)16-23(24)26(34-37)27(39)30-14-20-6-8-21(9-7-20)33-28(40)35(4)5/h6-11,15,17-18H,12-14,16H2,1-5H3,(H,30,39)(H,33,40). The van der Waals surface area contributed by atoms with E-state index in [2.05, 4.69) is 44.4 Å². The minimum absolute atomic E-state index is 0.134. The van der Waals surface area contributed by atoms with Gasteiger partial charge in [-0.3, -0.25) is 9.48 Å². The summed E-state index contributed by atoms with van der Waals surface area (Å²) in [4.78, 5) is 37.7. The van der Waals surface area contributed by atoms with Gasteiger partial charge in [-0.25, -0.2) is 19.4 Å². The van der Waals surface area contributed by atoms with Crippen molar-refractivity contribution in [3.05, 3.63) is 77.3 Å². The third-order valence-electron chi connectivity index (χ3n) is 6.87. The molecule has 0 bridgehead atoms. The molecule has 3 aromatic heterocycles. The lowest BCUT2D eigenvalue weighted by Crippen LogP contribution is -2.33. The highest BCUT2D eigenvalue weighted by Crippen LogP contribution is 2.28. The van der Waals surface area contributed by atoms with E-state index >= 15 is 0 Å². The fraction of sp³-hybridized carbons (Fsp3) is 0.357. The van der Waals surface area contributed by atoms with Crippen LogP contribution in [0, 0.1) is 6.92 Å². The normalized spacial score (nSPS) is 12.8. The molecule has 12 heteroatoms. The van der Waals surface area contributed by atoms with Crippen molar-refractivity contribution < 1.29 is 9.59 Å². The molecule has 0 unspecified atom stereocenters. The first-order chi connectivity index (χ1) is 19.2. The maximum Gasteiger partial charge on any atom is 0.321 e. The average Bonchev–Trinajstić information content (AvgIpc) is 3.56. The Labute approximate surface area is 233 Å². The number of aromatic nitrogens is 6. The van der Waals surface area contributed by atoms with Gasteiger partial charge in [0, 0.05) is 63.1 Å². The molecule has 3 amide bonds. The first kappa shape index (κ1) is 26.9. The Morgan fingerprint density at radius 3 is 2.48 bits per heavy atom. The minimum atomic E-state index is -0.215. The van der Waals surface area contributed by atoms with E-state index in [4.69, 9.17) is 5.10 Å². The van der Waals surface area contributed by atoms with Gasteiger partial charge in [0.05, 0.1) is 11.9 Å². The quantitative estimate of drug-likeness (QED) is 0.367. The maximum absolute atomic E-state index is 13.4. The third kappa shape index (κ3) is 5.51. The zero-order chi connectivity index (χ0) is 28.4. The first-order valence-electron chi connectivity index (χ1n) is 13.2. The molecule has 40 heavy (non-hydrogen) atoms. The number of fused-ring (bicyclic) bond motifs is 1. The number of nitrogens with one attached hydrogen (secondary N) is 2. The molecule has 0 saturated heterocycles. The van der Waals surface area contributed by atoms with Gasteiger partial charge in [0.1, 0.15) is 18.0 Å². The van der Waals surface area contributed by atoms with Gasteiger partial charge in [-0.2, -0.15) is 10.2 Å². The molecule has 0 spiro atoms. The highest BCUT2D eigenvalue weighted by molar-refractivity contribution is 5.94. The Hall–Kier alpha value is -4.74. The molecule has 208 valence electrons. The van der Waals surface area contributed by atoms with Crippen LogP contribution in [0.25, 0.3) is 5.69 Å². The second kappa shape index (κ2) is 11.2. The molecule has 0 saturated carbocycles. The Balaban J connectivity index is 1.30. The van der Waals surface area contributed by atoms with Crippen molar-refractivity contribution in [1.29, 1.82) is 0 Å². The van der Waals surface area contributed by atoms with Crippen LogP contribution in [0.4, 0.5) is 16.3 Å². The van der Waals surface area contributed by atoms with Crippen molar-refractivity contribution >= 4 is 23.4 Å². The van der Waals surface area contributed by atoms with Gasteiger partial charge in [0.2, 0.25) is 0 Å². The number of carbonyl (C=O) groups is 2. The Kier molecular flexibility index (Phi) is 7.50. The van der Waals surface area contributed by atoms with Crippen LogP contribution in [-0.2, 0) is 19.5 Å². The summed E-state index contributed by atoms with van der Waals surface area (Å²) in [6.07, 6.45) is 4.07. The lowest BCUT2D eigenvalue weighted by atomic mass is 10.0. The monoisotopic (exact) mass is 542 g/mol. The fourth-order valence-electron chi connectivity index (χ4n) is 4.70. The van der Waals surface area contributed by atoms with Gasteiger partial charge in [0.15, 0.2) is 5.69 Å². The molecule has 12 nitrogen and oxygen atoms in total. The van der Waals surface area contributed by atoms with E-state index in [9.17, 15) is 9.59 Å². The summed E-state index contributed by atoms with van der Waals surface area (Å²) in [7, 11) is 3.37. The van der Waals surface area contributed by atoms with Crippen molar-refractivity contribution in [3.63, 3.8) is 0 Å². The molecule has 1 aliphatic rings. The van der Waals surface area contributed by atoms with Crippen molar-refractivity contribution in [2.75, 3.05) is 30.9 Å². The molecule has 5 rings (SSSR count). The summed E-state index contributed by atoms with van der Waals surface area (Å²) in [5, 5.41) is 14.8. The van der Waals surface area contributed by atoms with E-state index in [-0.39, 0.29) is 18.0 Å². The van der Waals surface area contributed by atoms with Crippen LogP contribution < -0.4 is 15.5 Å². The SMILES string of the molecule is Cc1ncnn1-c1ccc(N2CCc3c(c(C(=O)NCc4ccc(NC(=O)N(C)C)cc4)nn3C(C)C)C2)nc1. The number of urea groups is 1. The van der Waals surface area contributed by atoms with Crippen LogP contribution >= 0.6 is 0 Å². The Bertz CT molecular complexity index is 1500. The summed E-state index contributed by atoms with van der Waals surface area (Å²) < 4.78 is 3.71. The van der Waals surface area contributed by atoms with Gasteiger partial charge >= 0.3 is 6.03 Å². The molecule has 2 N–H and O–H groups in total. The van der Waals surface area contributed by atoms with Crippen LogP contribution in [0.1, 0.15) is 53.0 Å². The number of nitrogens with zero attached hydrogens (tertiary/aromatic N) is 8. The lowest BCUT2D eigenvalue weighted by molar-refractivity contribution is 0.0944. The number of carbonyl (C=O) groups excluding carboxylic acids is 2. The predicted molar refractivity (Wildman–Crippen MR) is 152 cm³/mol. The summed E-state index contributed by atoms with van der Waals surface area (Å²) >= 11 is 0. The van der Waals surface area contributed by atoms with Crippen LogP contribution in [0.2, 0.25) is 0 Å². The largest absolute Gasteiger partial charge is 0.352 e. The van der Waals surface area contributed by atoms with Crippen molar-refractivity contribution in [2.45, 2.75) is 46.3 Å². The summed E-state index contributed by atoms with van der Waals surface area (Å²) in [5.74, 6) is 1.41. The molecule has 4 aromatic rings. The van der Waals surface area contributed by atoms with Crippen molar-refractivity contribution in [2.24, 2.45) is 0 Å². The third-order valence-corrected chi connectivity index (χ3v) is 6.87. The molecule has 0 fully saturated rings. The molecule has 1 aliphatic heterocycles. The number of rotatable bonds is 7.